The van der Waals surface area contributed by atoms with Crippen molar-refractivity contribution in [3.63, 3.8) is 0 Å². The molecule has 1 aliphatic carbocycles. The van der Waals surface area contributed by atoms with Crippen LogP contribution in [0.15, 0.2) is 521 Å². The minimum absolute atomic E-state index is 0.0311. The van der Waals surface area contributed by atoms with Crippen molar-refractivity contribution >= 4 is 34.4 Å². The lowest BCUT2D eigenvalue weighted by Gasteiger charge is -2.34. The molecule has 2 aliphatic rings. The van der Waals surface area contributed by atoms with Gasteiger partial charge in [0.2, 0.25) is 5.91 Å². The van der Waals surface area contributed by atoms with Crippen molar-refractivity contribution in [2.24, 2.45) is 23.0 Å². The molecule has 0 radical (unpaired) electrons. The van der Waals surface area contributed by atoms with Gasteiger partial charge < -0.3 is 15.9 Å². The van der Waals surface area contributed by atoms with Crippen LogP contribution in [0.5, 0.6) is 0 Å². The molecule has 2 aromatic carbocycles. The summed E-state index contributed by atoms with van der Waals surface area (Å²) in [7, 11) is 0. The normalized spacial score (nSPS) is 8.69. The summed E-state index contributed by atoms with van der Waals surface area (Å²) in [5.74, 6) is -0.721. The summed E-state index contributed by atoms with van der Waals surface area (Å²) < 4.78 is 0. The molecule has 0 bridgehead atoms. The Morgan fingerprint density at radius 1 is 0.407 bits per heavy atom. The van der Waals surface area contributed by atoms with Crippen molar-refractivity contribution in [1.82, 2.24) is 15.2 Å². The van der Waals surface area contributed by atoms with Gasteiger partial charge in [-0.25, -0.2) is 4.79 Å². The number of Topliss-reactive ketones (excluding diaryl/α,β-unsaturated/α-hetero) is 1. The van der Waals surface area contributed by atoms with Crippen LogP contribution in [0.25, 0.3) is 11.0 Å². The lowest BCUT2D eigenvalue weighted by Crippen LogP contribution is -2.44. The molecule has 0 spiro atoms. The number of benzene rings is 2. The second-order valence-electron chi connectivity index (χ2n) is 20.3. The maximum Gasteiger partial charge on any atom is 0.339 e. The third-order valence-electron chi connectivity index (χ3n) is 12.2. The van der Waals surface area contributed by atoms with Crippen molar-refractivity contribution < 1.29 is 19.2 Å². The highest BCUT2D eigenvalue weighted by atomic mass is 16.7. The van der Waals surface area contributed by atoms with Crippen LogP contribution in [0.4, 0.5) is 5.69 Å². The van der Waals surface area contributed by atoms with Gasteiger partial charge in [-0.3, -0.25) is 9.59 Å². The number of hydrogen-bond acceptors (Lipinski definition) is 7. The van der Waals surface area contributed by atoms with Gasteiger partial charge in [0.25, 0.3) is 0 Å². The third-order valence-corrected chi connectivity index (χ3v) is 12.2. The first-order valence-electron chi connectivity index (χ1n) is 33.0. The summed E-state index contributed by atoms with van der Waals surface area (Å²) >= 11 is 0. The van der Waals surface area contributed by atoms with E-state index in [2.05, 4.69) is 476 Å². The molecule has 118 heavy (non-hydrogen) atoms. The highest BCUT2D eigenvalue weighted by Crippen LogP contribution is 2.44. The quantitative estimate of drug-likeness (QED) is 0.143. The molecule has 9 nitrogen and oxygen atoms in total. The zero-order valence-electron chi connectivity index (χ0n) is 62.5. The Labute approximate surface area is 678 Å². The number of nitrogens with zero attached hydrogens (tertiary/aromatic N) is 3. The number of nitrogens with two attached hydrogens (primary N) is 1. The van der Waals surface area contributed by atoms with E-state index < -0.39 is 17.3 Å². The molecule has 5 rings (SSSR count). The first-order valence-corrected chi connectivity index (χ1v) is 33.0. The van der Waals surface area contributed by atoms with E-state index in [-0.39, 0.29) is 23.7 Å². The Hall–Kier alpha value is -21.3. The monoisotopic (exact) mass is 1480 g/mol. The fraction of sp³-hybridized carbons (Fsp3) is 0.110. The number of aromatic nitrogens is 3. The Kier molecular flexibility index (Phi) is 50.3. The number of para-hydroxylation sites is 2. The fourth-order valence-corrected chi connectivity index (χ4v) is 7.50. The molecular formula is C109H39N5O4. The molecule has 1 aromatic heterocycles. The molecular weight excluding hydrogens is 1440 g/mol. The first-order chi connectivity index (χ1) is 58.1. The number of carbonyl (C=O) groups is 3. The lowest BCUT2D eigenvalue weighted by atomic mass is 9.68. The molecule has 0 saturated heterocycles. The van der Waals surface area contributed by atoms with Crippen LogP contribution in [-0.4, -0.2) is 38.9 Å². The lowest BCUT2D eigenvalue weighted by molar-refractivity contribution is -0.159. The van der Waals surface area contributed by atoms with Crippen LogP contribution in [0.1, 0.15) is 52.0 Å². The summed E-state index contributed by atoms with van der Waals surface area (Å²) in [5, 5.41) is 10.7. The Bertz CT molecular complexity index is 7800. The van der Waals surface area contributed by atoms with Gasteiger partial charge in [-0.2, -0.15) is 0 Å². The van der Waals surface area contributed by atoms with Crippen molar-refractivity contribution in [1.29, 1.82) is 0 Å². The van der Waals surface area contributed by atoms with Gasteiger partial charge in [-0.1, -0.05) is 72.6 Å². The second kappa shape index (κ2) is 65.3. The predicted octanol–water partition coefficient (Wildman–Crippen LogP) is 16.8. The highest BCUT2D eigenvalue weighted by molar-refractivity contribution is 5.96. The molecule has 524 valence electrons. The van der Waals surface area contributed by atoms with Crippen molar-refractivity contribution in [3.8, 4) is 0 Å². The maximum absolute atomic E-state index is 13.0. The minimum atomic E-state index is -0.711. The Morgan fingerprint density at radius 3 is 0.907 bits per heavy atom. The summed E-state index contributed by atoms with van der Waals surface area (Å²) in [5.41, 5.74) is 203. The zero-order chi connectivity index (χ0) is 84.4. The van der Waals surface area contributed by atoms with Gasteiger partial charge in [0.05, 0.1) is 12.0 Å². The van der Waals surface area contributed by atoms with E-state index in [1.54, 1.807) is 19.1 Å². The summed E-state index contributed by atoms with van der Waals surface area (Å²) in [6, 6.07) is 14.7. The van der Waals surface area contributed by atoms with Crippen LogP contribution in [0, 0.1) is 17.3 Å². The van der Waals surface area contributed by atoms with E-state index in [1.807, 2.05) is 62.4 Å². The second-order valence-corrected chi connectivity index (χ2v) is 20.3. The molecule has 1 aliphatic heterocycles. The summed E-state index contributed by atoms with van der Waals surface area (Å²) in [6.45, 7) is 12.3. The van der Waals surface area contributed by atoms with Crippen LogP contribution in [-0.2, 0) is 20.8 Å². The number of ketones is 1. The molecule has 0 saturated carbocycles. The number of fused-ring (bicyclic) bond motifs is 2. The SMILES string of the molecule is C=C=C=C=C=C=C=C=C=C=C=C=C=C=C=C=C=C=C=C=C=C=C=C=C=C=C=C=C=C=C=C=C=C=C=C=C=C=C=C=C=C=C=C=C=C=C=C=C=C=C=C=C=C=C=C=C=C=C=C=C=C=C=C=C=C=C=C=C=C=C=C=C=C=C=C=C=C=C=C.CC(=O)C1([C@@H](CC(C)C)C(=O)On2nnc3ccccc32)CC=CC1.NC1CCc2ccccc2NC1=O. The number of hydrogen-bond donors (Lipinski definition) is 2. The molecule has 1 unspecified atom stereocenters. The number of amides is 1. The van der Waals surface area contributed by atoms with Gasteiger partial charge in [-0.15, -0.1) is 5.10 Å². The molecule has 0 fully saturated rings. The van der Waals surface area contributed by atoms with Gasteiger partial charge in [0, 0.05) is 355 Å². The average Bonchev–Trinajstić information content (AvgIpc) is 1.59. The number of carbonyl (C=O) groups excluding carboxylic acids is 3. The van der Waals surface area contributed by atoms with E-state index in [4.69, 9.17) is 10.6 Å². The van der Waals surface area contributed by atoms with Crippen LogP contribution in [0.2, 0.25) is 0 Å². The first kappa shape index (κ1) is 90.9. The summed E-state index contributed by atoms with van der Waals surface area (Å²) in [4.78, 5) is 43.5. The van der Waals surface area contributed by atoms with Gasteiger partial charge >= 0.3 is 5.97 Å². The van der Waals surface area contributed by atoms with E-state index in [9.17, 15) is 14.4 Å². The fourth-order valence-electron chi connectivity index (χ4n) is 7.50. The largest absolute Gasteiger partial charge is 0.339 e. The van der Waals surface area contributed by atoms with Crippen LogP contribution in [0.3, 0.4) is 0 Å². The van der Waals surface area contributed by atoms with Gasteiger partial charge in [0.1, 0.15) is 16.8 Å². The van der Waals surface area contributed by atoms with Crippen LogP contribution < -0.4 is 15.9 Å². The van der Waals surface area contributed by atoms with Gasteiger partial charge in [0.15, 0.2) is 0 Å². The van der Waals surface area contributed by atoms with Gasteiger partial charge in [-0.05, 0) is 179 Å². The average molecular weight is 1480 g/mol. The zero-order valence-corrected chi connectivity index (χ0v) is 62.5. The van der Waals surface area contributed by atoms with Crippen LogP contribution >= 0.6 is 0 Å². The number of anilines is 1. The highest BCUT2D eigenvalue weighted by Gasteiger charge is 2.48. The molecule has 2 heterocycles. The van der Waals surface area contributed by atoms with E-state index >= 15 is 0 Å². The van der Waals surface area contributed by atoms with Crippen molar-refractivity contribution in [2.75, 3.05) is 5.32 Å². The molecule has 1 amide bonds. The maximum atomic E-state index is 13.0. The summed E-state index contributed by atoms with van der Waals surface area (Å²) in [6.07, 6.45) is 7.30. The smallest absolute Gasteiger partial charge is 0.324 e. The standard InChI is InChI=1S/C80H4.C19H23N3O3.C10H12N2O/c1-3-5-7-9-11-13-15-17-19-21-23-25-27-29-31-33-35-37-39-41-43-45-47-49-51-53-55-57-59-61-63-65-67-69-71-73-75-77-79-80-78-76-74-72-70-68-66-64-62-60-58-56-54-52-50-48-46-44-42-40-38-36-34-32-30-28-26-24-22-20-18-16-14-12-10-8-6-4-2;1-13(2)12-15(19(14(3)23)10-6-7-11-19)18(24)25-22-17-9-5-4-8-16(17)20-21-22;11-8-6-5-7-3-1-2-4-9(7)12-10(8)13/h1-2H2;4-9,13,15H,10-12H2,1-3H3;1-4,8H,5-6,11H2,(H,12,13)/t;15-;/m.0./s1. The topological polar surface area (TPSA) is 129 Å². The van der Waals surface area contributed by atoms with Crippen molar-refractivity contribution in [2.45, 2.75) is 58.9 Å². The molecule has 9 heteroatoms. The third kappa shape index (κ3) is 47.2. The Balaban J connectivity index is 0.000000751. The predicted molar refractivity (Wildman–Crippen MR) is 430 cm³/mol. The van der Waals surface area contributed by atoms with E-state index in [0.717, 1.165) is 23.4 Å². The number of allylic oxidation sites excluding steroid dienone is 2. The molecule has 3 aromatic rings. The number of nitrogens with one attached hydrogen (secondary N) is 1. The van der Waals surface area contributed by atoms with E-state index in [0.29, 0.717) is 30.3 Å². The molecule has 3 N–H and O–H groups in total. The van der Waals surface area contributed by atoms with Crippen molar-refractivity contribution in [3.05, 3.63) is 526 Å². The molecule has 2 atom stereocenters. The Morgan fingerprint density at radius 2 is 0.653 bits per heavy atom. The number of aryl methyl sites for hydroxylation is 1. The number of rotatable bonds is 6. The minimum Gasteiger partial charge on any atom is -0.324 e. The van der Waals surface area contributed by atoms with E-state index in [1.165, 1.54) is 5.56 Å².